The molecule has 0 bridgehead atoms. The number of nitrogens with two attached hydrogens (primary N) is 1. The summed E-state index contributed by atoms with van der Waals surface area (Å²) in [5.74, 6) is 3.66. The molecule has 1 fully saturated rings. The molecule has 0 atom stereocenters. The predicted molar refractivity (Wildman–Crippen MR) is 76.0 cm³/mol. The first-order valence-corrected chi connectivity index (χ1v) is 6.76. The lowest BCUT2D eigenvalue weighted by Crippen LogP contribution is -2.29. The average Bonchev–Trinajstić information content (AvgIpc) is 3.20. The number of rotatable bonds is 7. The van der Waals surface area contributed by atoms with Crippen molar-refractivity contribution in [1.82, 2.24) is 4.90 Å². The number of nitrogens with zero attached hydrogens (tertiary/aromatic N) is 1. The summed E-state index contributed by atoms with van der Waals surface area (Å²) in [5, 5.41) is 0. The van der Waals surface area contributed by atoms with Crippen LogP contribution in [0.15, 0.2) is 24.3 Å². The zero-order valence-electron chi connectivity index (χ0n) is 10.9. The quantitative estimate of drug-likeness (QED) is 0.741. The summed E-state index contributed by atoms with van der Waals surface area (Å²) in [5.41, 5.74) is 8.37. The van der Waals surface area contributed by atoms with Crippen molar-refractivity contribution in [2.75, 3.05) is 19.6 Å². The molecular formula is C16H22N2. The van der Waals surface area contributed by atoms with E-state index >= 15 is 0 Å². The summed E-state index contributed by atoms with van der Waals surface area (Å²) < 4.78 is 0. The predicted octanol–water partition coefficient (Wildman–Crippen LogP) is 2.03. The van der Waals surface area contributed by atoms with Crippen LogP contribution in [0.2, 0.25) is 0 Å². The molecule has 2 heteroatoms. The lowest BCUT2D eigenvalue weighted by molar-refractivity contribution is 0.298. The van der Waals surface area contributed by atoms with Gasteiger partial charge in [-0.3, -0.25) is 4.90 Å². The zero-order valence-corrected chi connectivity index (χ0v) is 10.9. The molecule has 1 aromatic carbocycles. The average molecular weight is 242 g/mol. The molecule has 0 aromatic heterocycles. The second kappa shape index (κ2) is 6.58. The van der Waals surface area contributed by atoms with Gasteiger partial charge in [0.05, 0.1) is 6.54 Å². The minimum Gasteiger partial charge on any atom is -0.326 e. The topological polar surface area (TPSA) is 29.3 Å². The van der Waals surface area contributed by atoms with Crippen molar-refractivity contribution < 1.29 is 0 Å². The van der Waals surface area contributed by atoms with Crippen molar-refractivity contribution in [3.63, 3.8) is 0 Å². The third-order valence-corrected chi connectivity index (χ3v) is 3.56. The second-order valence-corrected chi connectivity index (χ2v) is 5.11. The molecule has 1 saturated carbocycles. The van der Waals surface area contributed by atoms with Crippen molar-refractivity contribution in [2.45, 2.75) is 25.8 Å². The van der Waals surface area contributed by atoms with Gasteiger partial charge in [0.1, 0.15) is 0 Å². The lowest BCUT2D eigenvalue weighted by Gasteiger charge is -2.20. The van der Waals surface area contributed by atoms with E-state index in [9.17, 15) is 0 Å². The van der Waals surface area contributed by atoms with Crippen LogP contribution in [0.3, 0.4) is 0 Å². The molecule has 0 amide bonds. The van der Waals surface area contributed by atoms with Crippen LogP contribution in [0, 0.1) is 18.3 Å². The molecule has 2 rings (SSSR count). The molecule has 0 unspecified atom stereocenters. The van der Waals surface area contributed by atoms with E-state index in [2.05, 4.69) is 35.1 Å². The van der Waals surface area contributed by atoms with Gasteiger partial charge in [-0.1, -0.05) is 30.2 Å². The van der Waals surface area contributed by atoms with Gasteiger partial charge in [0.15, 0.2) is 0 Å². The van der Waals surface area contributed by atoms with Gasteiger partial charge >= 0.3 is 0 Å². The summed E-state index contributed by atoms with van der Waals surface area (Å²) in [7, 11) is 0. The first kappa shape index (κ1) is 13.1. The normalized spacial score (nSPS) is 14.7. The Hall–Kier alpha value is -1.30. The smallest absolute Gasteiger partial charge is 0.0599 e. The van der Waals surface area contributed by atoms with E-state index in [0.29, 0.717) is 6.54 Å². The third kappa shape index (κ3) is 3.87. The molecule has 18 heavy (non-hydrogen) atoms. The fourth-order valence-electron chi connectivity index (χ4n) is 2.31. The summed E-state index contributed by atoms with van der Waals surface area (Å²) in [6, 6.07) is 8.42. The second-order valence-electron chi connectivity index (χ2n) is 5.11. The van der Waals surface area contributed by atoms with Gasteiger partial charge in [-0.25, -0.2) is 0 Å². The van der Waals surface area contributed by atoms with Crippen molar-refractivity contribution in [1.29, 1.82) is 0 Å². The maximum Gasteiger partial charge on any atom is 0.0599 e. The highest BCUT2D eigenvalue weighted by Gasteiger charge is 2.23. The maximum absolute atomic E-state index is 5.76. The Morgan fingerprint density at radius 3 is 2.61 bits per heavy atom. The van der Waals surface area contributed by atoms with E-state index in [0.717, 1.165) is 32.0 Å². The summed E-state index contributed by atoms with van der Waals surface area (Å²) in [6.45, 7) is 3.59. The molecule has 0 radical (unpaired) electrons. The van der Waals surface area contributed by atoms with E-state index in [1.165, 1.54) is 24.0 Å². The van der Waals surface area contributed by atoms with E-state index in [4.69, 9.17) is 12.2 Å². The van der Waals surface area contributed by atoms with Crippen LogP contribution < -0.4 is 5.73 Å². The highest BCUT2D eigenvalue weighted by molar-refractivity contribution is 5.27. The molecule has 2 nitrogen and oxygen atoms in total. The maximum atomic E-state index is 5.76. The number of hydrogen-bond donors (Lipinski definition) is 1. The Balaban J connectivity index is 1.89. The van der Waals surface area contributed by atoms with Crippen LogP contribution in [0.25, 0.3) is 0 Å². The summed E-state index contributed by atoms with van der Waals surface area (Å²) in [6.07, 6.45) is 9.23. The molecule has 1 aromatic rings. The molecule has 0 aliphatic heterocycles. The van der Waals surface area contributed by atoms with Gasteiger partial charge in [-0.05, 0) is 36.3 Å². The zero-order chi connectivity index (χ0) is 12.8. The van der Waals surface area contributed by atoms with Crippen molar-refractivity contribution in [3.8, 4) is 12.3 Å². The van der Waals surface area contributed by atoms with Crippen molar-refractivity contribution in [2.24, 2.45) is 11.7 Å². The summed E-state index contributed by atoms with van der Waals surface area (Å²) in [4.78, 5) is 2.39. The standard InChI is InChI=1S/C16H22N2/c1-2-10-18(13-14-7-8-14)11-9-15-5-3-4-6-16(15)12-17/h1,3-6,14H,7-13,17H2. The van der Waals surface area contributed by atoms with Crippen LogP contribution >= 0.6 is 0 Å². The van der Waals surface area contributed by atoms with Crippen LogP contribution in [0.1, 0.15) is 24.0 Å². The van der Waals surface area contributed by atoms with Gasteiger partial charge < -0.3 is 5.73 Å². The molecule has 0 heterocycles. The van der Waals surface area contributed by atoms with Crippen LogP contribution in [-0.4, -0.2) is 24.5 Å². The van der Waals surface area contributed by atoms with E-state index in [1.807, 2.05) is 0 Å². The number of benzene rings is 1. The van der Waals surface area contributed by atoms with E-state index < -0.39 is 0 Å². The molecular weight excluding hydrogens is 220 g/mol. The van der Waals surface area contributed by atoms with Gasteiger partial charge in [0.2, 0.25) is 0 Å². The summed E-state index contributed by atoms with van der Waals surface area (Å²) >= 11 is 0. The molecule has 96 valence electrons. The van der Waals surface area contributed by atoms with Gasteiger partial charge in [-0.15, -0.1) is 6.42 Å². The SMILES string of the molecule is C#CCN(CCc1ccccc1CN)CC1CC1. The Morgan fingerprint density at radius 2 is 2.00 bits per heavy atom. The minimum atomic E-state index is 0.619. The Labute approximate surface area is 110 Å². The lowest BCUT2D eigenvalue weighted by atomic mass is 10.0. The Bertz CT molecular complexity index is 415. The Morgan fingerprint density at radius 1 is 1.28 bits per heavy atom. The first-order chi connectivity index (χ1) is 8.83. The highest BCUT2D eigenvalue weighted by atomic mass is 15.1. The third-order valence-electron chi connectivity index (χ3n) is 3.56. The fourth-order valence-corrected chi connectivity index (χ4v) is 2.31. The van der Waals surface area contributed by atoms with Crippen LogP contribution in [0.5, 0.6) is 0 Å². The first-order valence-electron chi connectivity index (χ1n) is 6.76. The van der Waals surface area contributed by atoms with Crippen LogP contribution in [-0.2, 0) is 13.0 Å². The van der Waals surface area contributed by atoms with Crippen molar-refractivity contribution in [3.05, 3.63) is 35.4 Å². The molecule has 0 saturated heterocycles. The van der Waals surface area contributed by atoms with E-state index in [-0.39, 0.29) is 0 Å². The molecule has 1 aliphatic carbocycles. The highest BCUT2D eigenvalue weighted by Crippen LogP contribution is 2.29. The van der Waals surface area contributed by atoms with Gasteiger partial charge in [-0.2, -0.15) is 0 Å². The Kier molecular flexibility index (Phi) is 4.81. The van der Waals surface area contributed by atoms with Crippen molar-refractivity contribution >= 4 is 0 Å². The molecule has 0 spiro atoms. The molecule has 1 aliphatic rings. The number of terminal acetylenes is 1. The molecule has 2 N–H and O–H groups in total. The largest absolute Gasteiger partial charge is 0.326 e. The van der Waals surface area contributed by atoms with Gasteiger partial charge in [0.25, 0.3) is 0 Å². The minimum absolute atomic E-state index is 0.619. The number of hydrogen-bond acceptors (Lipinski definition) is 2. The fraction of sp³-hybridized carbons (Fsp3) is 0.500. The van der Waals surface area contributed by atoms with Crippen LogP contribution in [0.4, 0.5) is 0 Å². The monoisotopic (exact) mass is 242 g/mol. The van der Waals surface area contributed by atoms with Gasteiger partial charge in [0, 0.05) is 19.6 Å². The van der Waals surface area contributed by atoms with E-state index in [1.54, 1.807) is 0 Å².